The number of nitrogens with two attached hydrogens (primary N) is 1. The maximum absolute atomic E-state index is 13.8. The molecular weight excluding hydrogens is 286 g/mol. The van der Waals surface area contributed by atoms with Gasteiger partial charge in [0, 0.05) is 25.4 Å². The second-order valence-corrected chi connectivity index (χ2v) is 6.39. The highest BCUT2D eigenvalue weighted by Crippen LogP contribution is 2.17. The summed E-state index contributed by atoms with van der Waals surface area (Å²) in [6.07, 6.45) is 1.67. The van der Waals surface area contributed by atoms with Gasteiger partial charge < -0.3 is 5.73 Å². The zero-order chi connectivity index (χ0) is 16.3. The molecule has 6 heteroatoms. The molecule has 1 aromatic carbocycles. The quantitative estimate of drug-likeness (QED) is 0.892. The molecule has 1 aromatic heterocycles. The van der Waals surface area contributed by atoms with Crippen LogP contribution in [0.2, 0.25) is 0 Å². The molecule has 2 rings (SSSR count). The first-order valence-corrected chi connectivity index (χ1v) is 7.19. The third kappa shape index (κ3) is 4.11. The van der Waals surface area contributed by atoms with E-state index in [0.717, 1.165) is 18.3 Å². The topological polar surface area (TPSA) is 47.1 Å². The van der Waals surface area contributed by atoms with Crippen LogP contribution in [0, 0.1) is 17.0 Å². The van der Waals surface area contributed by atoms with E-state index in [1.54, 1.807) is 6.20 Å². The van der Waals surface area contributed by atoms with Gasteiger partial charge in [-0.1, -0.05) is 13.8 Å². The molecule has 0 spiro atoms. The minimum absolute atomic E-state index is 0.0282. The average molecular weight is 308 g/mol. The fourth-order valence-corrected chi connectivity index (χ4v) is 2.37. The number of benzene rings is 1. The summed E-state index contributed by atoms with van der Waals surface area (Å²) in [4.78, 5) is 2.13. The van der Waals surface area contributed by atoms with Crippen molar-refractivity contribution >= 4 is 0 Å². The zero-order valence-corrected chi connectivity index (χ0v) is 13.2. The SMILES string of the molecule is CN(Cc1ccn(-c2ccc(F)cc2F)n1)CC(C)(C)CN. The summed E-state index contributed by atoms with van der Waals surface area (Å²) in [5.41, 5.74) is 6.82. The summed E-state index contributed by atoms with van der Waals surface area (Å²) < 4.78 is 28.1. The van der Waals surface area contributed by atoms with E-state index in [0.29, 0.717) is 13.1 Å². The smallest absolute Gasteiger partial charge is 0.151 e. The van der Waals surface area contributed by atoms with Crippen molar-refractivity contribution in [2.24, 2.45) is 11.1 Å². The Balaban J connectivity index is 2.08. The van der Waals surface area contributed by atoms with E-state index in [4.69, 9.17) is 5.73 Å². The molecule has 120 valence electrons. The molecule has 0 unspecified atom stereocenters. The molecule has 0 radical (unpaired) electrons. The van der Waals surface area contributed by atoms with E-state index in [1.807, 2.05) is 13.1 Å². The Morgan fingerprint density at radius 3 is 2.64 bits per heavy atom. The maximum Gasteiger partial charge on any atom is 0.151 e. The first kappa shape index (κ1) is 16.6. The van der Waals surface area contributed by atoms with Crippen molar-refractivity contribution in [3.8, 4) is 5.69 Å². The average Bonchev–Trinajstić information content (AvgIpc) is 2.86. The second-order valence-electron chi connectivity index (χ2n) is 6.39. The van der Waals surface area contributed by atoms with Crippen LogP contribution in [0.15, 0.2) is 30.5 Å². The Hall–Kier alpha value is -1.79. The van der Waals surface area contributed by atoms with Crippen molar-refractivity contribution in [3.05, 3.63) is 47.8 Å². The predicted octanol–water partition coefficient (Wildman–Crippen LogP) is 2.57. The molecule has 0 aliphatic carbocycles. The highest BCUT2D eigenvalue weighted by Gasteiger charge is 2.18. The number of aromatic nitrogens is 2. The molecule has 2 N–H and O–H groups in total. The van der Waals surface area contributed by atoms with Gasteiger partial charge in [0.25, 0.3) is 0 Å². The number of hydrogen-bond acceptors (Lipinski definition) is 3. The van der Waals surface area contributed by atoms with Gasteiger partial charge in [0.1, 0.15) is 11.5 Å². The van der Waals surface area contributed by atoms with Crippen LogP contribution < -0.4 is 5.73 Å². The molecule has 0 bridgehead atoms. The van der Waals surface area contributed by atoms with E-state index in [9.17, 15) is 8.78 Å². The molecule has 0 aliphatic rings. The Bertz CT molecular complexity index is 637. The second kappa shape index (κ2) is 6.54. The number of rotatable bonds is 6. The molecule has 2 aromatic rings. The van der Waals surface area contributed by atoms with Crippen molar-refractivity contribution in [1.29, 1.82) is 0 Å². The lowest BCUT2D eigenvalue weighted by atomic mass is 9.93. The van der Waals surface area contributed by atoms with E-state index < -0.39 is 11.6 Å². The van der Waals surface area contributed by atoms with E-state index in [-0.39, 0.29) is 11.1 Å². The summed E-state index contributed by atoms with van der Waals surface area (Å²) in [5, 5.41) is 4.35. The van der Waals surface area contributed by atoms with Crippen molar-refractivity contribution in [3.63, 3.8) is 0 Å². The summed E-state index contributed by atoms with van der Waals surface area (Å²) in [7, 11) is 1.99. The first-order chi connectivity index (χ1) is 10.3. The van der Waals surface area contributed by atoms with Gasteiger partial charge in [-0.15, -0.1) is 0 Å². The number of hydrogen-bond donors (Lipinski definition) is 1. The predicted molar refractivity (Wildman–Crippen MR) is 82.6 cm³/mol. The highest BCUT2D eigenvalue weighted by atomic mass is 19.1. The van der Waals surface area contributed by atoms with Gasteiger partial charge in [-0.2, -0.15) is 5.10 Å². The van der Waals surface area contributed by atoms with Gasteiger partial charge in [-0.25, -0.2) is 13.5 Å². The molecule has 1 heterocycles. The standard InChI is InChI=1S/C16H22F2N4/c1-16(2,10-19)11-21(3)9-13-6-7-22(20-13)15-5-4-12(17)8-14(15)18/h4-8H,9-11,19H2,1-3H3. The van der Waals surface area contributed by atoms with Gasteiger partial charge >= 0.3 is 0 Å². The largest absolute Gasteiger partial charge is 0.330 e. The van der Waals surface area contributed by atoms with Crippen LogP contribution in [0.4, 0.5) is 8.78 Å². The Morgan fingerprint density at radius 2 is 2.00 bits per heavy atom. The van der Waals surface area contributed by atoms with E-state index in [2.05, 4.69) is 23.8 Å². The van der Waals surface area contributed by atoms with Gasteiger partial charge in [0.2, 0.25) is 0 Å². The Kier molecular flexibility index (Phi) is 4.93. The lowest BCUT2D eigenvalue weighted by molar-refractivity contribution is 0.208. The summed E-state index contributed by atoms with van der Waals surface area (Å²) in [6.45, 7) is 6.29. The van der Waals surface area contributed by atoms with Crippen molar-refractivity contribution in [2.45, 2.75) is 20.4 Å². The minimum atomic E-state index is -0.632. The maximum atomic E-state index is 13.8. The van der Waals surface area contributed by atoms with Crippen LogP contribution in [0.1, 0.15) is 19.5 Å². The molecule has 0 saturated heterocycles. The van der Waals surface area contributed by atoms with Crippen molar-refractivity contribution < 1.29 is 8.78 Å². The van der Waals surface area contributed by atoms with Crippen LogP contribution in [0.25, 0.3) is 5.69 Å². The molecule has 0 amide bonds. The van der Waals surface area contributed by atoms with Gasteiger partial charge in [0.15, 0.2) is 5.82 Å². The normalized spacial score (nSPS) is 12.1. The molecule has 0 saturated carbocycles. The van der Waals surface area contributed by atoms with Crippen LogP contribution in [0.3, 0.4) is 0 Å². The fraction of sp³-hybridized carbons (Fsp3) is 0.438. The molecule has 22 heavy (non-hydrogen) atoms. The van der Waals surface area contributed by atoms with Crippen LogP contribution in [-0.4, -0.2) is 34.8 Å². The van der Waals surface area contributed by atoms with Gasteiger partial charge in [0.05, 0.1) is 5.69 Å². The van der Waals surface area contributed by atoms with Crippen molar-refractivity contribution in [1.82, 2.24) is 14.7 Å². The van der Waals surface area contributed by atoms with Gasteiger partial charge in [-0.05, 0) is 37.2 Å². The third-order valence-electron chi connectivity index (χ3n) is 3.48. The summed E-state index contributed by atoms with van der Waals surface area (Å²) >= 11 is 0. The van der Waals surface area contributed by atoms with Crippen LogP contribution in [-0.2, 0) is 6.54 Å². The minimum Gasteiger partial charge on any atom is -0.330 e. The lowest BCUT2D eigenvalue weighted by Gasteiger charge is -2.28. The Labute approximate surface area is 129 Å². The molecule has 0 fully saturated rings. The first-order valence-electron chi connectivity index (χ1n) is 7.19. The zero-order valence-electron chi connectivity index (χ0n) is 13.2. The van der Waals surface area contributed by atoms with Crippen molar-refractivity contribution in [2.75, 3.05) is 20.1 Å². The van der Waals surface area contributed by atoms with Crippen LogP contribution in [0.5, 0.6) is 0 Å². The summed E-state index contributed by atoms with van der Waals surface area (Å²) in [6, 6.07) is 5.28. The highest BCUT2D eigenvalue weighted by molar-refractivity contribution is 5.33. The molecule has 0 atom stereocenters. The third-order valence-corrected chi connectivity index (χ3v) is 3.48. The number of halogens is 2. The Morgan fingerprint density at radius 1 is 1.27 bits per heavy atom. The fourth-order valence-electron chi connectivity index (χ4n) is 2.37. The monoisotopic (exact) mass is 308 g/mol. The molecular formula is C16H22F2N4. The number of nitrogens with zero attached hydrogens (tertiary/aromatic N) is 3. The summed E-state index contributed by atoms with van der Waals surface area (Å²) in [5.74, 6) is -1.23. The van der Waals surface area contributed by atoms with Gasteiger partial charge in [-0.3, -0.25) is 4.90 Å². The van der Waals surface area contributed by atoms with E-state index >= 15 is 0 Å². The molecule has 0 aliphatic heterocycles. The van der Waals surface area contributed by atoms with Crippen LogP contribution >= 0.6 is 0 Å². The molecule has 4 nitrogen and oxygen atoms in total. The lowest BCUT2D eigenvalue weighted by Crippen LogP contribution is -2.36. The van der Waals surface area contributed by atoms with E-state index in [1.165, 1.54) is 16.8 Å².